The molecule has 3 heterocycles. The first kappa shape index (κ1) is 23.6. The lowest BCUT2D eigenvalue weighted by molar-refractivity contribution is -0.344. The third-order valence-electron chi connectivity index (χ3n) is 4.05. The fraction of sp³-hybridized carbons (Fsp3) is 0.600. The Bertz CT molecular complexity index is 876. The number of halogens is 6. The number of aromatic nitrogens is 4. The number of carbonyl (C=O) groups is 1. The summed E-state index contributed by atoms with van der Waals surface area (Å²) >= 11 is 0. The fourth-order valence-corrected chi connectivity index (χ4v) is 2.72. The molecule has 2 aromatic heterocycles. The number of nitrogens with two attached hydrogens (primary N) is 1. The van der Waals surface area contributed by atoms with E-state index in [1.165, 1.54) is 0 Å². The van der Waals surface area contributed by atoms with Gasteiger partial charge < -0.3 is 20.3 Å². The van der Waals surface area contributed by atoms with Crippen molar-refractivity contribution in [3.63, 3.8) is 0 Å². The predicted molar refractivity (Wildman–Crippen MR) is 90.3 cm³/mol. The van der Waals surface area contributed by atoms with E-state index in [1.54, 1.807) is 10.9 Å². The number of imidazole rings is 1. The Labute approximate surface area is 165 Å². The number of rotatable bonds is 3. The molecule has 1 aliphatic heterocycles. The van der Waals surface area contributed by atoms with Gasteiger partial charge in [0, 0.05) is 20.1 Å². The molecule has 1 aliphatic rings. The average Bonchev–Trinajstić information content (AvgIpc) is 3.01. The van der Waals surface area contributed by atoms with E-state index in [2.05, 4.69) is 19.7 Å². The van der Waals surface area contributed by atoms with Crippen LogP contribution in [0.4, 0.5) is 32.2 Å². The van der Waals surface area contributed by atoms with Crippen LogP contribution in [0.3, 0.4) is 0 Å². The molecule has 168 valence electrons. The molecular weight excluding hydrogens is 426 g/mol. The van der Waals surface area contributed by atoms with Gasteiger partial charge >= 0.3 is 18.5 Å². The summed E-state index contributed by atoms with van der Waals surface area (Å²) in [7, 11) is 1.82. The van der Waals surface area contributed by atoms with Crippen molar-refractivity contribution in [2.75, 3.05) is 18.0 Å². The van der Waals surface area contributed by atoms with E-state index in [-0.39, 0.29) is 19.4 Å². The minimum absolute atomic E-state index is 0.182. The second-order valence-electron chi connectivity index (χ2n) is 6.25. The highest BCUT2D eigenvalue weighted by molar-refractivity contribution is 5.83. The van der Waals surface area contributed by atoms with Crippen LogP contribution in [0.25, 0.3) is 11.2 Å². The molecule has 30 heavy (non-hydrogen) atoms. The molecule has 0 atom stereocenters. The maximum Gasteiger partial charge on any atom is 0.522 e. The Balaban J connectivity index is 0.000000396. The van der Waals surface area contributed by atoms with Crippen LogP contribution in [-0.4, -0.2) is 62.3 Å². The van der Waals surface area contributed by atoms with E-state index in [9.17, 15) is 26.3 Å². The Morgan fingerprint density at radius 1 is 1.23 bits per heavy atom. The van der Waals surface area contributed by atoms with Crippen molar-refractivity contribution in [1.29, 1.82) is 0 Å². The number of fused-ring (bicyclic) bond motifs is 1. The molecule has 0 spiro atoms. The number of carboxylic acid groups (broad SMARTS) is 1. The highest BCUT2D eigenvalue weighted by atomic mass is 19.4. The van der Waals surface area contributed by atoms with Gasteiger partial charge in [0.25, 0.3) is 0 Å². The number of aryl methyl sites for hydroxylation is 1. The highest BCUT2D eigenvalue weighted by Crippen LogP contribution is 2.28. The van der Waals surface area contributed by atoms with Gasteiger partial charge in [-0.05, 0) is 12.8 Å². The maximum absolute atomic E-state index is 12.3. The van der Waals surface area contributed by atoms with Gasteiger partial charge in [-0.1, -0.05) is 0 Å². The molecular formula is C15H18F6N6O3. The molecule has 0 amide bonds. The molecule has 3 rings (SSSR count). The van der Waals surface area contributed by atoms with Crippen molar-refractivity contribution >= 4 is 23.0 Å². The van der Waals surface area contributed by atoms with Crippen LogP contribution in [0.1, 0.15) is 18.7 Å². The molecule has 0 unspecified atom stereocenters. The first-order chi connectivity index (χ1) is 13.8. The number of aliphatic carboxylic acids is 1. The van der Waals surface area contributed by atoms with E-state index in [4.69, 9.17) is 15.6 Å². The van der Waals surface area contributed by atoms with Gasteiger partial charge in [0.05, 0.1) is 19.0 Å². The summed E-state index contributed by atoms with van der Waals surface area (Å²) in [6.45, 7) is 1.00. The van der Waals surface area contributed by atoms with Crippen LogP contribution < -0.4 is 10.6 Å². The number of nitrogens with zero attached hydrogens (tertiary/aromatic N) is 5. The average molecular weight is 444 g/mol. The molecule has 9 nitrogen and oxygen atoms in total. The maximum atomic E-state index is 12.3. The zero-order valence-electron chi connectivity index (χ0n) is 15.5. The normalized spacial score (nSPS) is 15.8. The van der Waals surface area contributed by atoms with Crippen LogP contribution in [0.2, 0.25) is 0 Å². The van der Waals surface area contributed by atoms with E-state index in [0.717, 1.165) is 0 Å². The quantitative estimate of drug-likeness (QED) is 0.690. The predicted octanol–water partition coefficient (Wildman–Crippen LogP) is 1.96. The molecule has 0 aromatic carbocycles. The molecule has 0 saturated carbocycles. The molecule has 3 N–H and O–H groups in total. The number of hydrogen-bond donors (Lipinski definition) is 2. The van der Waals surface area contributed by atoms with E-state index in [0.29, 0.717) is 35.9 Å². The zero-order valence-corrected chi connectivity index (χ0v) is 15.5. The lowest BCUT2D eigenvalue weighted by Crippen LogP contribution is -2.39. The molecule has 1 saturated heterocycles. The first-order valence-corrected chi connectivity index (χ1v) is 8.49. The van der Waals surface area contributed by atoms with E-state index < -0.39 is 24.6 Å². The van der Waals surface area contributed by atoms with Crippen molar-refractivity contribution < 1.29 is 41.0 Å². The number of anilines is 1. The number of ether oxygens (including phenoxy) is 1. The largest absolute Gasteiger partial charge is 0.522 e. The van der Waals surface area contributed by atoms with Gasteiger partial charge in [-0.2, -0.15) is 13.2 Å². The Hall–Kier alpha value is -2.68. The van der Waals surface area contributed by atoms with Gasteiger partial charge in [-0.15, -0.1) is 13.2 Å². The number of hydrogen-bond acceptors (Lipinski definition) is 7. The van der Waals surface area contributed by atoms with Crippen molar-refractivity contribution in [3.05, 3.63) is 12.2 Å². The summed E-state index contributed by atoms with van der Waals surface area (Å²) in [6, 6.07) is 0. The van der Waals surface area contributed by atoms with Crippen molar-refractivity contribution in [1.82, 2.24) is 19.5 Å². The van der Waals surface area contributed by atoms with Gasteiger partial charge in [-0.3, -0.25) is 4.74 Å². The minimum atomic E-state index is -5.08. The zero-order chi connectivity index (χ0) is 22.7. The number of carboxylic acids is 1. The molecule has 0 radical (unpaired) electrons. The Morgan fingerprint density at radius 3 is 2.27 bits per heavy atom. The lowest BCUT2D eigenvalue weighted by atomic mass is 10.1. The summed E-state index contributed by atoms with van der Waals surface area (Å²) in [6.07, 6.45) is -8.32. The summed E-state index contributed by atoms with van der Waals surface area (Å²) in [5.41, 5.74) is 6.91. The molecule has 1 fully saturated rings. The molecule has 15 heteroatoms. The Morgan fingerprint density at radius 2 is 1.80 bits per heavy atom. The van der Waals surface area contributed by atoms with Crippen molar-refractivity contribution in [3.8, 4) is 0 Å². The summed E-state index contributed by atoms with van der Waals surface area (Å²) in [5, 5.41) is 7.12. The van der Waals surface area contributed by atoms with Crippen LogP contribution >= 0.6 is 0 Å². The van der Waals surface area contributed by atoms with Crippen molar-refractivity contribution in [2.24, 2.45) is 12.8 Å². The smallest absolute Gasteiger partial charge is 0.475 e. The Kier molecular flexibility index (Phi) is 7.07. The van der Waals surface area contributed by atoms with Crippen LogP contribution in [0, 0.1) is 0 Å². The first-order valence-electron chi connectivity index (χ1n) is 8.49. The SMILES string of the molecule is Cn1cnc2c(N3CCC(OC(F)(F)F)CC3)nc(CN)nc21.O=C(O)C(F)(F)F. The summed E-state index contributed by atoms with van der Waals surface area (Å²) in [5.74, 6) is -1.67. The fourth-order valence-electron chi connectivity index (χ4n) is 2.72. The topological polar surface area (TPSA) is 119 Å². The van der Waals surface area contributed by atoms with Gasteiger partial charge in [0.15, 0.2) is 17.0 Å². The van der Waals surface area contributed by atoms with Crippen molar-refractivity contribution in [2.45, 2.75) is 38.0 Å². The molecule has 2 aromatic rings. The van der Waals surface area contributed by atoms with E-state index in [1.807, 2.05) is 11.9 Å². The lowest BCUT2D eigenvalue weighted by Gasteiger charge is -2.33. The number of alkyl halides is 6. The second kappa shape index (κ2) is 8.99. The standard InChI is InChI=1S/C13H17F3N6O.C2HF3O2/c1-21-7-18-10-11(21)19-9(6-17)20-12(10)22-4-2-8(3-5-22)23-13(14,15)16;3-2(4,5)1(6)7/h7-8H,2-6,17H2,1H3;(H,6,7). The second-order valence-corrected chi connectivity index (χ2v) is 6.25. The van der Waals surface area contributed by atoms with Gasteiger partial charge in [0.1, 0.15) is 5.82 Å². The third kappa shape index (κ3) is 6.16. The molecule has 0 aliphatic carbocycles. The monoisotopic (exact) mass is 444 g/mol. The highest BCUT2D eigenvalue weighted by Gasteiger charge is 2.38. The van der Waals surface area contributed by atoms with Gasteiger partial charge in [0.2, 0.25) is 0 Å². The van der Waals surface area contributed by atoms with Crippen LogP contribution in [-0.2, 0) is 23.1 Å². The minimum Gasteiger partial charge on any atom is -0.475 e. The summed E-state index contributed by atoms with van der Waals surface area (Å²) in [4.78, 5) is 23.8. The summed E-state index contributed by atoms with van der Waals surface area (Å²) < 4.78 is 74.5. The van der Waals surface area contributed by atoms with E-state index >= 15 is 0 Å². The number of piperidine rings is 1. The molecule has 0 bridgehead atoms. The van der Waals surface area contributed by atoms with Crippen LogP contribution in [0.5, 0.6) is 0 Å². The third-order valence-corrected chi connectivity index (χ3v) is 4.05. The van der Waals surface area contributed by atoms with Gasteiger partial charge in [-0.25, -0.2) is 19.7 Å². The van der Waals surface area contributed by atoms with Crippen LogP contribution in [0.15, 0.2) is 6.33 Å².